The topological polar surface area (TPSA) is 238 Å². The highest BCUT2D eigenvalue weighted by Crippen LogP contribution is 2.35. The summed E-state index contributed by atoms with van der Waals surface area (Å²) < 4.78 is 45.8. The van der Waals surface area contributed by atoms with Gasteiger partial charge < -0.3 is 36.3 Å². The molecular weight excluding hydrogens is 683 g/mol. The largest absolute Gasteiger partial charge is 0.508 e. The second kappa shape index (κ2) is 16.2. The van der Waals surface area contributed by atoms with E-state index in [1.807, 2.05) is 0 Å². The van der Waals surface area contributed by atoms with Gasteiger partial charge in [-0.1, -0.05) is 26.0 Å². The van der Waals surface area contributed by atoms with Gasteiger partial charge in [-0.3, -0.25) is 33.7 Å². The van der Waals surface area contributed by atoms with Crippen molar-refractivity contribution >= 4 is 52.2 Å². The Kier molecular flexibility index (Phi) is 12.5. The molecule has 0 spiro atoms. The van der Waals surface area contributed by atoms with Crippen LogP contribution in [0.5, 0.6) is 5.75 Å². The highest BCUT2D eigenvalue weighted by atomic mass is 19.4. The number of nitrogens with two attached hydrogens (primary N) is 1. The van der Waals surface area contributed by atoms with E-state index in [4.69, 9.17) is 10.2 Å². The van der Waals surface area contributed by atoms with Gasteiger partial charge in [0.15, 0.2) is 0 Å². The molecule has 4 unspecified atom stereocenters. The number of primary amides is 1. The number of rotatable bonds is 14. The molecule has 51 heavy (non-hydrogen) atoms. The molecule has 274 valence electrons. The number of hydrogen-bond acceptors (Lipinski definition) is 9. The summed E-state index contributed by atoms with van der Waals surface area (Å²) in [6, 6.07) is 2.74. The molecule has 5 amide bonds. The lowest BCUT2D eigenvalue weighted by molar-refractivity contribution is -0.139. The minimum atomic E-state index is -4.97. The Morgan fingerprint density at radius 3 is 2.08 bits per heavy atom. The molecule has 3 aromatic rings. The number of aliphatic carboxylic acids is 1. The van der Waals surface area contributed by atoms with Crippen LogP contribution in [0.4, 0.5) is 18.9 Å². The van der Waals surface area contributed by atoms with Gasteiger partial charge in [-0.15, -0.1) is 0 Å². The van der Waals surface area contributed by atoms with Crippen molar-refractivity contribution in [1.82, 2.24) is 16.0 Å². The predicted molar refractivity (Wildman–Crippen MR) is 174 cm³/mol. The van der Waals surface area contributed by atoms with Crippen molar-refractivity contribution in [3.63, 3.8) is 0 Å². The molecule has 15 nitrogen and oxygen atoms in total. The van der Waals surface area contributed by atoms with Crippen LogP contribution in [0.3, 0.4) is 0 Å². The zero-order valence-electron chi connectivity index (χ0n) is 27.7. The Morgan fingerprint density at radius 1 is 0.922 bits per heavy atom. The number of halogens is 3. The first-order chi connectivity index (χ1) is 23.7. The number of aromatic hydroxyl groups is 1. The number of anilines is 1. The van der Waals surface area contributed by atoms with Crippen LogP contribution in [0.25, 0.3) is 11.0 Å². The quantitative estimate of drug-likeness (QED) is 0.132. The van der Waals surface area contributed by atoms with Crippen molar-refractivity contribution < 1.29 is 56.6 Å². The van der Waals surface area contributed by atoms with Gasteiger partial charge in [0, 0.05) is 36.6 Å². The number of carboxylic acids is 1. The molecule has 7 N–H and O–H groups in total. The SMILES string of the molecule is CC(=O)NC(Cc1ccc(O)cc1)C(=O)NC(C(=O)NC(C)C(=O)N(c1ccc2c(C(F)(F)F)cc(=O)oc2c1)C(CC(=O)O)C(N)=O)C(C)C. The monoisotopic (exact) mass is 719 g/mol. The summed E-state index contributed by atoms with van der Waals surface area (Å²) in [5, 5.41) is 25.9. The second-order valence-corrected chi connectivity index (χ2v) is 12.0. The summed E-state index contributed by atoms with van der Waals surface area (Å²) in [6.45, 7) is 5.50. The van der Waals surface area contributed by atoms with Gasteiger partial charge in [0.25, 0.3) is 0 Å². The maximum absolute atomic E-state index is 13.9. The van der Waals surface area contributed by atoms with Crippen LogP contribution >= 0.6 is 0 Å². The van der Waals surface area contributed by atoms with Crippen molar-refractivity contribution in [2.45, 2.75) is 70.9 Å². The standard InChI is InChI=1S/C33H36F3N5O10/c1-15(2)28(40-30(48)23(39-17(4)42)11-18-5-8-20(43)9-6-18)31(49)38-16(3)32(50)41(24(29(37)47)14-26(44)45)19-7-10-21-22(33(34,35)36)13-27(46)51-25(21)12-19/h5-10,12-13,15-16,23-24,28,43H,11,14H2,1-4H3,(H2,37,47)(H,38,49)(H,39,42)(H,40,48)(H,44,45). The zero-order chi connectivity index (χ0) is 38.4. The summed E-state index contributed by atoms with van der Waals surface area (Å²) >= 11 is 0. The van der Waals surface area contributed by atoms with E-state index >= 15 is 0 Å². The van der Waals surface area contributed by atoms with Gasteiger partial charge in [-0.2, -0.15) is 13.2 Å². The van der Waals surface area contributed by atoms with Crippen molar-refractivity contribution in [3.8, 4) is 5.75 Å². The number of benzene rings is 2. The Morgan fingerprint density at radius 2 is 1.55 bits per heavy atom. The van der Waals surface area contributed by atoms with E-state index in [-0.39, 0.29) is 23.9 Å². The van der Waals surface area contributed by atoms with Crippen LogP contribution in [0.1, 0.15) is 45.2 Å². The number of carbonyl (C=O) groups is 6. The lowest BCUT2D eigenvalue weighted by Crippen LogP contribution is -2.59. The molecule has 18 heteroatoms. The third kappa shape index (κ3) is 10.3. The molecule has 0 aliphatic carbocycles. The zero-order valence-corrected chi connectivity index (χ0v) is 27.7. The molecule has 3 rings (SSSR count). The van der Waals surface area contributed by atoms with Gasteiger partial charge in [0.2, 0.25) is 29.5 Å². The average Bonchev–Trinajstić information content (AvgIpc) is 3.02. The van der Waals surface area contributed by atoms with Crippen molar-refractivity contribution in [2.75, 3.05) is 4.90 Å². The number of phenolic OH excluding ortho intramolecular Hbond substituents is 1. The average molecular weight is 720 g/mol. The molecule has 0 saturated heterocycles. The first kappa shape index (κ1) is 39.5. The first-order valence-electron chi connectivity index (χ1n) is 15.3. The number of amides is 5. The van der Waals surface area contributed by atoms with Crippen LogP contribution in [0, 0.1) is 5.92 Å². The summed E-state index contributed by atoms with van der Waals surface area (Å²) in [5.41, 5.74) is 2.26. The number of hydrogen-bond donors (Lipinski definition) is 6. The fraction of sp³-hybridized carbons (Fsp3) is 0.364. The molecule has 0 aliphatic rings. The summed E-state index contributed by atoms with van der Waals surface area (Å²) in [7, 11) is 0. The van der Waals surface area contributed by atoms with Gasteiger partial charge in [-0.05, 0) is 42.7 Å². The Bertz CT molecular complexity index is 1880. The molecule has 0 bridgehead atoms. The van der Waals surface area contributed by atoms with Gasteiger partial charge in [-0.25, -0.2) is 4.79 Å². The number of carbonyl (C=O) groups excluding carboxylic acids is 5. The number of nitrogens with one attached hydrogen (secondary N) is 3. The highest BCUT2D eigenvalue weighted by molar-refractivity contribution is 6.06. The summed E-state index contributed by atoms with van der Waals surface area (Å²) in [5.74, 6) is -6.88. The third-order valence-electron chi connectivity index (χ3n) is 7.60. The third-order valence-corrected chi connectivity index (χ3v) is 7.60. The lowest BCUT2D eigenvalue weighted by atomic mass is 10.0. The predicted octanol–water partition coefficient (Wildman–Crippen LogP) is 1.57. The summed E-state index contributed by atoms with van der Waals surface area (Å²) in [4.78, 5) is 89.3. The summed E-state index contributed by atoms with van der Waals surface area (Å²) in [6.07, 6.45) is -6.04. The molecule has 1 aromatic heterocycles. The molecule has 2 aromatic carbocycles. The Hall–Kier alpha value is -5.94. The smallest absolute Gasteiger partial charge is 0.417 e. The van der Waals surface area contributed by atoms with E-state index in [2.05, 4.69) is 16.0 Å². The van der Waals surface area contributed by atoms with Gasteiger partial charge in [0.1, 0.15) is 35.5 Å². The number of phenols is 1. The second-order valence-electron chi connectivity index (χ2n) is 12.0. The van der Waals surface area contributed by atoms with Crippen LogP contribution < -0.4 is 32.2 Å². The normalized spacial score (nSPS) is 13.8. The van der Waals surface area contributed by atoms with Crippen LogP contribution in [-0.4, -0.2) is 69.9 Å². The first-order valence-corrected chi connectivity index (χ1v) is 15.3. The molecule has 0 saturated carbocycles. The fourth-order valence-corrected chi connectivity index (χ4v) is 5.17. The maximum Gasteiger partial charge on any atom is 0.417 e. The van der Waals surface area contributed by atoms with Crippen LogP contribution in [0.2, 0.25) is 0 Å². The van der Waals surface area contributed by atoms with Crippen LogP contribution in [0.15, 0.2) is 57.7 Å². The van der Waals surface area contributed by atoms with E-state index in [0.29, 0.717) is 10.5 Å². The number of carboxylic acid groups (broad SMARTS) is 1. The van der Waals surface area contributed by atoms with Crippen molar-refractivity contribution in [2.24, 2.45) is 11.7 Å². The number of alkyl halides is 3. The molecule has 1 heterocycles. The Labute approximate surface area is 288 Å². The van der Waals surface area contributed by atoms with Gasteiger partial charge >= 0.3 is 17.8 Å². The fourth-order valence-electron chi connectivity index (χ4n) is 5.17. The minimum Gasteiger partial charge on any atom is -0.508 e. The van der Waals surface area contributed by atoms with E-state index < -0.39 is 100 Å². The lowest BCUT2D eigenvalue weighted by Gasteiger charge is -2.32. The maximum atomic E-state index is 13.9. The number of fused-ring (bicyclic) bond motifs is 1. The Balaban J connectivity index is 1.95. The number of nitrogens with zero attached hydrogens (tertiary/aromatic N) is 1. The van der Waals surface area contributed by atoms with E-state index in [1.54, 1.807) is 13.8 Å². The van der Waals surface area contributed by atoms with Gasteiger partial charge in [0.05, 0.1) is 12.0 Å². The van der Waals surface area contributed by atoms with Crippen LogP contribution in [-0.2, 0) is 41.4 Å². The van der Waals surface area contributed by atoms with E-state index in [0.717, 1.165) is 18.2 Å². The van der Waals surface area contributed by atoms with Crippen molar-refractivity contribution in [1.29, 1.82) is 0 Å². The van der Waals surface area contributed by atoms with E-state index in [9.17, 15) is 56.9 Å². The van der Waals surface area contributed by atoms with E-state index in [1.165, 1.54) is 38.1 Å². The van der Waals surface area contributed by atoms with Crippen molar-refractivity contribution in [3.05, 3.63) is 70.1 Å². The molecular formula is C33H36F3N5O10. The molecule has 0 radical (unpaired) electrons. The molecule has 0 aliphatic heterocycles. The highest BCUT2D eigenvalue weighted by Gasteiger charge is 2.38. The molecule has 0 fully saturated rings. The molecule has 4 atom stereocenters. The minimum absolute atomic E-state index is 0.0175.